The third-order valence-electron chi connectivity index (χ3n) is 2.71. The Balaban J connectivity index is 0.00000106. The highest BCUT2D eigenvalue weighted by Gasteiger charge is 2.05. The van der Waals surface area contributed by atoms with Crippen LogP contribution in [0, 0.1) is 0 Å². The fourth-order valence-corrected chi connectivity index (χ4v) is 2.30. The smallest absolute Gasteiger partial charge is 0.119 e. The quantitative estimate of drug-likeness (QED) is 0.576. The lowest BCUT2D eigenvalue weighted by Crippen LogP contribution is -1.91. The first kappa shape index (κ1) is 17.7. The van der Waals surface area contributed by atoms with E-state index in [9.17, 15) is 0 Å². The molecule has 0 unspecified atom stereocenters. The van der Waals surface area contributed by atoms with E-state index in [1.54, 1.807) is 0 Å². The first-order valence-electron chi connectivity index (χ1n) is 6.58. The van der Waals surface area contributed by atoms with Crippen LogP contribution in [0.15, 0.2) is 54.6 Å². The Kier molecular flexibility index (Phi) is 8.05. The third kappa shape index (κ3) is 5.16. The van der Waals surface area contributed by atoms with E-state index >= 15 is 0 Å². The molecule has 0 heterocycles. The van der Waals surface area contributed by atoms with E-state index in [0.29, 0.717) is 6.61 Å². The molecule has 0 aromatic heterocycles. The van der Waals surface area contributed by atoms with Gasteiger partial charge in [-0.1, -0.05) is 42.5 Å². The van der Waals surface area contributed by atoms with Crippen LogP contribution in [0.2, 0.25) is 0 Å². The van der Waals surface area contributed by atoms with Crippen LogP contribution in [-0.2, 0) is 0 Å². The van der Waals surface area contributed by atoms with E-state index in [4.69, 9.17) is 9.84 Å². The SMILES string of the molecule is CCOc1ccc(/C(S)=C(/S)c2ccccc2)cc1.CO. The van der Waals surface area contributed by atoms with Crippen molar-refractivity contribution < 1.29 is 9.84 Å². The van der Waals surface area contributed by atoms with Gasteiger partial charge >= 0.3 is 0 Å². The van der Waals surface area contributed by atoms with E-state index in [0.717, 1.165) is 33.8 Å². The molecule has 2 rings (SSSR count). The average Bonchev–Trinajstić information content (AvgIpc) is 2.57. The summed E-state index contributed by atoms with van der Waals surface area (Å²) in [7, 11) is 1.00. The third-order valence-corrected chi connectivity index (χ3v) is 3.85. The standard InChI is InChI=1S/C16H16OS2.CH4O/c1-2-17-14-10-8-13(9-11-14)16(19)15(18)12-6-4-3-5-7-12;1-2/h3-11,18-19H,2H2,1H3;2H,1H3/b16-15-;. The molecule has 0 saturated carbocycles. The second-order valence-corrected chi connectivity index (χ2v) is 4.92. The maximum Gasteiger partial charge on any atom is 0.119 e. The van der Waals surface area contributed by atoms with Gasteiger partial charge in [-0.15, -0.1) is 25.3 Å². The zero-order valence-electron chi connectivity index (χ0n) is 12.2. The molecule has 2 nitrogen and oxygen atoms in total. The van der Waals surface area contributed by atoms with Crippen molar-refractivity contribution in [2.75, 3.05) is 13.7 Å². The molecule has 2 aromatic rings. The largest absolute Gasteiger partial charge is 0.494 e. The molecule has 0 aliphatic rings. The monoisotopic (exact) mass is 320 g/mol. The fourth-order valence-electron chi connectivity index (χ4n) is 1.75. The van der Waals surface area contributed by atoms with Crippen LogP contribution >= 0.6 is 25.3 Å². The van der Waals surface area contributed by atoms with Crippen molar-refractivity contribution in [1.82, 2.24) is 0 Å². The van der Waals surface area contributed by atoms with Crippen LogP contribution in [0.3, 0.4) is 0 Å². The molecule has 2 aromatic carbocycles. The van der Waals surface area contributed by atoms with Crippen LogP contribution in [0.5, 0.6) is 5.75 Å². The molecule has 0 spiro atoms. The molecular weight excluding hydrogens is 300 g/mol. The fraction of sp³-hybridized carbons (Fsp3) is 0.176. The summed E-state index contributed by atoms with van der Waals surface area (Å²) < 4.78 is 5.43. The Labute approximate surface area is 137 Å². The van der Waals surface area contributed by atoms with Gasteiger partial charge in [0.2, 0.25) is 0 Å². The highest BCUT2D eigenvalue weighted by Crippen LogP contribution is 2.32. The summed E-state index contributed by atoms with van der Waals surface area (Å²) in [4.78, 5) is 1.73. The Morgan fingerprint density at radius 2 is 1.33 bits per heavy atom. The number of ether oxygens (including phenoxy) is 1. The van der Waals surface area contributed by atoms with E-state index in [1.165, 1.54) is 0 Å². The summed E-state index contributed by atoms with van der Waals surface area (Å²) >= 11 is 9.14. The second-order valence-electron chi connectivity index (χ2n) is 4.02. The zero-order valence-corrected chi connectivity index (χ0v) is 13.9. The summed E-state index contributed by atoms with van der Waals surface area (Å²) in [5.74, 6) is 0.868. The number of hydrogen-bond donors (Lipinski definition) is 3. The minimum atomic E-state index is 0.671. The van der Waals surface area contributed by atoms with Crippen LogP contribution in [0.25, 0.3) is 9.81 Å². The Morgan fingerprint density at radius 1 is 0.857 bits per heavy atom. The number of aliphatic hydroxyl groups excluding tert-OH is 1. The van der Waals surface area contributed by atoms with Crippen molar-refractivity contribution in [3.8, 4) is 5.75 Å². The van der Waals surface area contributed by atoms with Gasteiger partial charge in [0.15, 0.2) is 0 Å². The van der Waals surface area contributed by atoms with Crippen molar-refractivity contribution in [3.63, 3.8) is 0 Å². The van der Waals surface area contributed by atoms with E-state index in [1.807, 2.05) is 61.5 Å². The van der Waals surface area contributed by atoms with Crippen LogP contribution in [-0.4, -0.2) is 18.8 Å². The summed E-state index contributed by atoms with van der Waals surface area (Å²) in [5, 5.41) is 7.00. The van der Waals surface area contributed by atoms with Gasteiger partial charge in [0.1, 0.15) is 5.75 Å². The highest BCUT2D eigenvalue weighted by molar-refractivity contribution is 7.96. The molecule has 0 saturated heterocycles. The summed E-state index contributed by atoms with van der Waals surface area (Å²) in [6, 6.07) is 17.9. The summed E-state index contributed by atoms with van der Waals surface area (Å²) in [6.45, 7) is 2.64. The van der Waals surface area contributed by atoms with Gasteiger partial charge in [0.05, 0.1) is 6.61 Å². The van der Waals surface area contributed by atoms with Crippen LogP contribution in [0.4, 0.5) is 0 Å². The number of thiol groups is 2. The van der Waals surface area contributed by atoms with Crippen molar-refractivity contribution in [3.05, 3.63) is 65.7 Å². The summed E-state index contributed by atoms with van der Waals surface area (Å²) in [6.07, 6.45) is 0. The molecule has 0 bridgehead atoms. The first-order valence-corrected chi connectivity index (χ1v) is 7.47. The van der Waals surface area contributed by atoms with Crippen LogP contribution < -0.4 is 4.74 Å². The molecule has 4 heteroatoms. The average molecular weight is 320 g/mol. The van der Waals surface area contributed by atoms with Gasteiger partial charge in [0.25, 0.3) is 0 Å². The van der Waals surface area contributed by atoms with Gasteiger partial charge in [-0.05, 0) is 30.2 Å². The minimum absolute atomic E-state index is 0.671. The van der Waals surface area contributed by atoms with Gasteiger partial charge in [-0.3, -0.25) is 0 Å². The van der Waals surface area contributed by atoms with E-state index in [2.05, 4.69) is 25.3 Å². The Bertz CT molecular complexity index is 563. The predicted molar refractivity (Wildman–Crippen MR) is 97.0 cm³/mol. The van der Waals surface area contributed by atoms with Gasteiger partial charge < -0.3 is 9.84 Å². The van der Waals surface area contributed by atoms with Crippen molar-refractivity contribution in [1.29, 1.82) is 0 Å². The normalized spacial score (nSPS) is 11.1. The number of rotatable bonds is 4. The van der Waals surface area contributed by atoms with Crippen molar-refractivity contribution in [2.24, 2.45) is 0 Å². The Hall–Kier alpha value is -1.36. The van der Waals surface area contributed by atoms with Crippen molar-refractivity contribution >= 4 is 35.1 Å². The molecule has 0 fully saturated rings. The second kappa shape index (κ2) is 9.55. The first-order chi connectivity index (χ1) is 10.2. The molecular formula is C17H20O2S2. The molecule has 0 aliphatic carbocycles. The summed E-state index contributed by atoms with van der Waals surface area (Å²) in [5.41, 5.74) is 2.09. The van der Waals surface area contributed by atoms with E-state index < -0.39 is 0 Å². The topological polar surface area (TPSA) is 29.5 Å². The van der Waals surface area contributed by atoms with E-state index in [-0.39, 0.29) is 0 Å². The number of aliphatic hydroxyl groups is 1. The van der Waals surface area contributed by atoms with Gasteiger partial charge in [-0.2, -0.15) is 0 Å². The minimum Gasteiger partial charge on any atom is -0.494 e. The molecule has 112 valence electrons. The lowest BCUT2D eigenvalue weighted by molar-refractivity contribution is 0.340. The van der Waals surface area contributed by atoms with Crippen LogP contribution in [0.1, 0.15) is 18.1 Å². The predicted octanol–water partition coefficient (Wildman–Crippen LogP) is 4.38. The highest BCUT2D eigenvalue weighted by atomic mass is 32.1. The molecule has 21 heavy (non-hydrogen) atoms. The molecule has 0 amide bonds. The molecule has 0 radical (unpaired) electrons. The lowest BCUT2D eigenvalue weighted by Gasteiger charge is -2.08. The van der Waals surface area contributed by atoms with Gasteiger partial charge in [-0.25, -0.2) is 0 Å². The zero-order chi connectivity index (χ0) is 15.7. The molecule has 0 aliphatic heterocycles. The number of benzene rings is 2. The molecule has 1 N–H and O–H groups in total. The molecule has 0 atom stereocenters. The maximum absolute atomic E-state index is 7.00. The Morgan fingerprint density at radius 3 is 1.81 bits per heavy atom. The van der Waals surface area contributed by atoms with Crippen molar-refractivity contribution in [2.45, 2.75) is 6.92 Å². The van der Waals surface area contributed by atoms with Gasteiger partial charge in [0, 0.05) is 16.9 Å². The number of hydrogen-bond acceptors (Lipinski definition) is 4. The lowest BCUT2D eigenvalue weighted by atomic mass is 10.1. The maximum atomic E-state index is 7.00.